The Balaban J connectivity index is 1.87. The Kier molecular flexibility index (Phi) is 5.57. The monoisotopic (exact) mass is 351 g/mol. The molecule has 130 valence electrons. The van der Waals surface area contributed by atoms with Crippen molar-refractivity contribution < 1.29 is 25.8 Å². The van der Waals surface area contributed by atoms with Crippen LogP contribution < -0.4 is 4.90 Å². The summed E-state index contributed by atoms with van der Waals surface area (Å²) in [5.41, 5.74) is -0.0654. The number of hydrogen-bond donors (Lipinski definition) is 0. The maximum Gasteiger partial charge on any atom is 0.416 e. The van der Waals surface area contributed by atoms with Gasteiger partial charge in [0.1, 0.15) is 0 Å². The highest BCUT2D eigenvalue weighted by atomic mass is 32.2. The quantitative estimate of drug-likeness (QED) is 0.764. The number of nitrogens with zero attached hydrogens (tertiary/aromatic N) is 1. The van der Waals surface area contributed by atoms with Crippen molar-refractivity contribution >= 4 is 15.8 Å². The van der Waals surface area contributed by atoms with Gasteiger partial charge in [-0.15, -0.1) is 0 Å². The second-order valence-corrected chi connectivity index (χ2v) is 7.44. The van der Waals surface area contributed by atoms with Crippen molar-refractivity contribution in [2.75, 3.05) is 30.9 Å². The molecule has 1 heterocycles. The van der Waals surface area contributed by atoms with E-state index in [9.17, 15) is 21.6 Å². The Morgan fingerprint density at radius 1 is 1.26 bits per heavy atom. The molecule has 2 rings (SSSR count). The van der Waals surface area contributed by atoms with Crippen LogP contribution in [-0.2, 0) is 20.5 Å². The summed E-state index contributed by atoms with van der Waals surface area (Å²) in [5, 5.41) is 0. The van der Waals surface area contributed by atoms with Crippen molar-refractivity contribution in [2.24, 2.45) is 5.92 Å². The van der Waals surface area contributed by atoms with Crippen LogP contribution in [0.5, 0.6) is 0 Å². The van der Waals surface area contributed by atoms with E-state index in [4.69, 9.17) is 4.18 Å². The molecular formula is C15H20F3NO3S. The number of benzene rings is 1. The minimum absolute atomic E-state index is 0.160. The van der Waals surface area contributed by atoms with Crippen LogP contribution >= 0.6 is 0 Å². The van der Waals surface area contributed by atoms with E-state index in [-0.39, 0.29) is 6.61 Å². The van der Waals surface area contributed by atoms with Crippen molar-refractivity contribution in [3.8, 4) is 0 Å². The topological polar surface area (TPSA) is 46.6 Å². The fourth-order valence-corrected chi connectivity index (χ4v) is 3.12. The van der Waals surface area contributed by atoms with Gasteiger partial charge in [-0.3, -0.25) is 4.18 Å². The molecule has 1 aliphatic heterocycles. The lowest BCUT2D eigenvalue weighted by molar-refractivity contribution is -0.137. The zero-order valence-electron chi connectivity index (χ0n) is 12.8. The lowest BCUT2D eigenvalue weighted by Crippen LogP contribution is -2.34. The lowest BCUT2D eigenvalue weighted by atomic mass is 9.93. The molecule has 1 fully saturated rings. The Labute approximate surface area is 134 Å². The molecule has 0 amide bonds. The minimum atomic E-state index is -4.34. The van der Waals surface area contributed by atoms with Gasteiger partial charge in [0.25, 0.3) is 10.1 Å². The Bertz CT molecular complexity index is 623. The zero-order chi connectivity index (χ0) is 17.1. The maximum atomic E-state index is 12.8. The van der Waals surface area contributed by atoms with Gasteiger partial charge in [0.05, 0.1) is 18.4 Å². The van der Waals surface area contributed by atoms with Crippen molar-refractivity contribution in [3.05, 3.63) is 29.8 Å². The molecule has 0 N–H and O–H groups in total. The molecular weight excluding hydrogens is 331 g/mol. The molecule has 1 aromatic rings. The van der Waals surface area contributed by atoms with Crippen molar-refractivity contribution in [1.82, 2.24) is 0 Å². The van der Waals surface area contributed by atoms with E-state index in [0.29, 0.717) is 31.1 Å². The van der Waals surface area contributed by atoms with E-state index < -0.39 is 21.9 Å². The van der Waals surface area contributed by atoms with E-state index in [2.05, 4.69) is 0 Å². The molecule has 0 atom stereocenters. The highest BCUT2D eigenvalue weighted by molar-refractivity contribution is 7.85. The van der Waals surface area contributed by atoms with Crippen LogP contribution in [0.3, 0.4) is 0 Å². The van der Waals surface area contributed by atoms with Crippen LogP contribution in [0.1, 0.15) is 24.8 Å². The van der Waals surface area contributed by atoms with Crippen LogP contribution in [0.4, 0.5) is 18.9 Å². The highest BCUT2D eigenvalue weighted by Gasteiger charge is 2.31. The van der Waals surface area contributed by atoms with Gasteiger partial charge < -0.3 is 4.90 Å². The van der Waals surface area contributed by atoms with E-state index in [1.807, 2.05) is 4.90 Å². The standard InChI is InChI=1S/C15H20F3NO3S/c1-23(20,21)22-10-7-12-5-8-19(9-6-12)14-4-2-3-13(11-14)15(16,17)18/h2-4,11-12H,5-10H2,1H3. The minimum Gasteiger partial charge on any atom is -0.372 e. The van der Waals surface area contributed by atoms with Gasteiger partial charge in [-0.1, -0.05) is 6.07 Å². The van der Waals surface area contributed by atoms with Gasteiger partial charge in [0.2, 0.25) is 0 Å². The van der Waals surface area contributed by atoms with E-state index in [1.54, 1.807) is 6.07 Å². The average molecular weight is 351 g/mol. The van der Waals surface area contributed by atoms with E-state index in [0.717, 1.165) is 25.2 Å². The third-order valence-corrected chi connectivity index (χ3v) is 4.57. The molecule has 0 aromatic heterocycles. The number of hydrogen-bond acceptors (Lipinski definition) is 4. The number of alkyl halides is 3. The first-order valence-corrected chi connectivity index (χ1v) is 9.23. The Hall–Kier alpha value is -1.28. The predicted octanol–water partition coefficient (Wildman–Crippen LogP) is 3.29. The highest BCUT2D eigenvalue weighted by Crippen LogP contribution is 2.33. The Morgan fingerprint density at radius 3 is 2.48 bits per heavy atom. The third kappa shape index (κ3) is 5.69. The summed E-state index contributed by atoms with van der Waals surface area (Å²) in [6, 6.07) is 5.35. The molecule has 1 aromatic carbocycles. The van der Waals surface area contributed by atoms with Crippen LogP contribution in [-0.4, -0.2) is 34.4 Å². The summed E-state index contributed by atoms with van der Waals surface area (Å²) >= 11 is 0. The second-order valence-electron chi connectivity index (χ2n) is 5.79. The molecule has 1 aliphatic rings. The number of anilines is 1. The summed E-state index contributed by atoms with van der Waals surface area (Å²) in [7, 11) is -3.41. The van der Waals surface area contributed by atoms with Gasteiger partial charge >= 0.3 is 6.18 Å². The van der Waals surface area contributed by atoms with E-state index >= 15 is 0 Å². The molecule has 0 unspecified atom stereocenters. The first-order valence-electron chi connectivity index (χ1n) is 7.42. The molecule has 0 radical (unpaired) electrons. The smallest absolute Gasteiger partial charge is 0.372 e. The summed E-state index contributed by atoms with van der Waals surface area (Å²) < 4.78 is 64.8. The van der Waals surface area contributed by atoms with Crippen LogP contribution in [0.2, 0.25) is 0 Å². The third-order valence-electron chi connectivity index (χ3n) is 3.98. The normalized spacial score (nSPS) is 17.5. The summed E-state index contributed by atoms with van der Waals surface area (Å²) in [6.45, 7) is 1.47. The molecule has 0 aliphatic carbocycles. The van der Waals surface area contributed by atoms with Gasteiger partial charge in [0, 0.05) is 18.8 Å². The van der Waals surface area contributed by atoms with Crippen molar-refractivity contribution in [1.29, 1.82) is 0 Å². The average Bonchev–Trinajstić information content (AvgIpc) is 2.46. The largest absolute Gasteiger partial charge is 0.416 e. The molecule has 8 heteroatoms. The fourth-order valence-electron chi connectivity index (χ4n) is 2.72. The zero-order valence-corrected chi connectivity index (χ0v) is 13.7. The van der Waals surface area contributed by atoms with Gasteiger partial charge in [-0.05, 0) is 43.4 Å². The van der Waals surface area contributed by atoms with E-state index in [1.165, 1.54) is 12.1 Å². The number of piperidine rings is 1. The van der Waals surface area contributed by atoms with Gasteiger partial charge in [0.15, 0.2) is 0 Å². The van der Waals surface area contributed by atoms with Crippen LogP contribution in [0.25, 0.3) is 0 Å². The fraction of sp³-hybridized carbons (Fsp3) is 0.600. The summed E-state index contributed by atoms with van der Waals surface area (Å²) in [6.07, 6.45) is -1.06. The predicted molar refractivity (Wildman–Crippen MR) is 81.8 cm³/mol. The first-order chi connectivity index (χ1) is 10.6. The van der Waals surface area contributed by atoms with Crippen LogP contribution in [0, 0.1) is 5.92 Å². The summed E-state index contributed by atoms with van der Waals surface area (Å²) in [5.74, 6) is 0.332. The van der Waals surface area contributed by atoms with Crippen LogP contribution in [0.15, 0.2) is 24.3 Å². The molecule has 23 heavy (non-hydrogen) atoms. The molecule has 0 bridgehead atoms. The van der Waals surface area contributed by atoms with Gasteiger partial charge in [-0.2, -0.15) is 21.6 Å². The van der Waals surface area contributed by atoms with Crippen molar-refractivity contribution in [3.63, 3.8) is 0 Å². The number of halogens is 3. The first kappa shape index (κ1) is 18.1. The number of rotatable bonds is 5. The molecule has 1 saturated heterocycles. The van der Waals surface area contributed by atoms with Crippen molar-refractivity contribution in [2.45, 2.75) is 25.4 Å². The molecule has 0 spiro atoms. The second kappa shape index (κ2) is 7.09. The Morgan fingerprint density at radius 2 is 1.91 bits per heavy atom. The summed E-state index contributed by atoms with van der Waals surface area (Å²) in [4.78, 5) is 1.93. The molecule has 0 saturated carbocycles. The molecule has 4 nitrogen and oxygen atoms in total. The van der Waals surface area contributed by atoms with Gasteiger partial charge in [-0.25, -0.2) is 0 Å². The lowest BCUT2D eigenvalue weighted by Gasteiger charge is -2.33. The SMILES string of the molecule is CS(=O)(=O)OCCC1CCN(c2cccc(C(F)(F)F)c2)CC1. The maximum absolute atomic E-state index is 12.8.